The van der Waals surface area contributed by atoms with Gasteiger partial charge in [0.25, 0.3) is 11.7 Å². The van der Waals surface area contributed by atoms with Crippen molar-refractivity contribution in [1.29, 1.82) is 0 Å². The Morgan fingerprint density at radius 2 is 1.74 bits per heavy atom. The first-order valence-electron chi connectivity index (χ1n) is 5.58. The molecule has 19 heavy (non-hydrogen) atoms. The second kappa shape index (κ2) is 5.58. The summed E-state index contributed by atoms with van der Waals surface area (Å²) in [6.45, 7) is 1.47. The van der Waals surface area contributed by atoms with Gasteiger partial charge in [-0.3, -0.25) is 14.4 Å². The van der Waals surface area contributed by atoms with Crippen molar-refractivity contribution in [3.05, 3.63) is 52.2 Å². The fourth-order valence-electron chi connectivity index (χ4n) is 1.50. The van der Waals surface area contributed by atoms with E-state index in [4.69, 9.17) is 0 Å². The molecule has 2 rings (SSSR count). The largest absolute Gasteiger partial charge is 0.319 e. The molecular formula is C14H11NO3S. The van der Waals surface area contributed by atoms with Gasteiger partial charge in [0, 0.05) is 11.3 Å². The average Bonchev–Trinajstić information content (AvgIpc) is 2.92. The monoisotopic (exact) mass is 273 g/mol. The van der Waals surface area contributed by atoms with E-state index in [1.807, 2.05) is 0 Å². The van der Waals surface area contributed by atoms with Crippen LogP contribution in [0.2, 0.25) is 0 Å². The van der Waals surface area contributed by atoms with Gasteiger partial charge in [-0.2, -0.15) is 0 Å². The minimum absolute atomic E-state index is 0.0486. The molecule has 0 aliphatic carbocycles. The molecule has 1 aromatic carbocycles. The van der Waals surface area contributed by atoms with Gasteiger partial charge in [0.05, 0.1) is 4.88 Å². The summed E-state index contributed by atoms with van der Waals surface area (Å²) in [5, 5.41) is 4.24. The third-order valence-electron chi connectivity index (χ3n) is 2.50. The van der Waals surface area contributed by atoms with Crippen molar-refractivity contribution in [3.63, 3.8) is 0 Å². The molecule has 0 bridgehead atoms. The Morgan fingerprint density at radius 1 is 1.05 bits per heavy atom. The molecule has 5 heteroatoms. The van der Waals surface area contributed by atoms with Crippen LogP contribution >= 0.6 is 11.3 Å². The van der Waals surface area contributed by atoms with Crippen molar-refractivity contribution < 1.29 is 14.4 Å². The highest BCUT2D eigenvalue weighted by Gasteiger charge is 2.17. The summed E-state index contributed by atoms with van der Waals surface area (Å²) < 4.78 is 0. The molecule has 0 saturated heterocycles. The molecule has 0 aliphatic heterocycles. The number of thiophene rings is 1. The highest BCUT2D eigenvalue weighted by molar-refractivity contribution is 7.13. The number of nitrogens with one attached hydrogen (secondary N) is 1. The van der Waals surface area contributed by atoms with Crippen LogP contribution in [0.3, 0.4) is 0 Å². The molecule has 1 aromatic heterocycles. The van der Waals surface area contributed by atoms with Crippen LogP contribution in [0.1, 0.15) is 27.0 Å². The molecule has 0 unspecified atom stereocenters. The molecule has 0 saturated carbocycles. The standard InChI is InChI=1S/C14H11NO3S/c1-9(16)10-4-6-11(7-5-10)15-14(18)13(17)12-3-2-8-19-12/h2-8H,1H3,(H,15,18). The van der Waals surface area contributed by atoms with Gasteiger partial charge in [-0.25, -0.2) is 0 Å². The summed E-state index contributed by atoms with van der Waals surface area (Å²) in [6, 6.07) is 9.71. The fourth-order valence-corrected chi connectivity index (χ4v) is 2.16. The number of hydrogen-bond donors (Lipinski definition) is 1. The maximum absolute atomic E-state index is 11.7. The Hall–Kier alpha value is -2.27. The Morgan fingerprint density at radius 3 is 2.26 bits per heavy atom. The third-order valence-corrected chi connectivity index (χ3v) is 3.37. The smallest absolute Gasteiger partial charge is 0.297 e. The average molecular weight is 273 g/mol. The van der Waals surface area contributed by atoms with Gasteiger partial charge in [0.1, 0.15) is 0 Å². The number of carbonyl (C=O) groups is 3. The molecule has 1 amide bonds. The van der Waals surface area contributed by atoms with E-state index in [2.05, 4.69) is 5.32 Å². The normalized spacial score (nSPS) is 9.95. The summed E-state index contributed by atoms with van der Waals surface area (Å²) in [7, 11) is 0. The SMILES string of the molecule is CC(=O)c1ccc(NC(=O)C(=O)c2cccs2)cc1. The zero-order valence-corrected chi connectivity index (χ0v) is 11.0. The van der Waals surface area contributed by atoms with E-state index in [-0.39, 0.29) is 5.78 Å². The maximum Gasteiger partial charge on any atom is 0.297 e. The Kier molecular flexibility index (Phi) is 3.87. The van der Waals surface area contributed by atoms with E-state index in [0.29, 0.717) is 16.1 Å². The fraction of sp³-hybridized carbons (Fsp3) is 0.0714. The van der Waals surface area contributed by atoms with Gasteiger partial charge in [-0.05, 0) is 42.6 Å². The zero-order chi connectivity index (χ0) is 13.8. The topological polar surface area (TPSA) is 63.2 Å². The van der Waals surface area contributed by atoms with Crippen molar-refractivity contribution >= 4 is 34.5 Å². The number of ketones is 2. The van der Waals surface area contributed by atoms with Crippen LogP contribution in [0.4, 0.5) is 5.69 Å². The predicted octanol–water partition coefficient (Wildman–Crippen LogP) is 2.77. The molecule has 0 atom stereocenters. The number of anilines is 1. The van der Waals surface area contributed by atoms with E-state index in [0.717, 1.165) is 0 Å². The third kappa shape index (κ3) is 3.14. The first-order chi connectivity index (χ1) is 9.08. The number of Topliss-reactive ketones (excluding diaryl/α,β-unsaturated/α-hetero) is 2. The lowest BCUT2D eigenvalue weighted by atomic mass is 10.1. The van der Waals surface area contributed by atoms with E-state index in [9.17, 15) is 14.4 Å². The van der Waals surface area contributed by atoms with Crippen LogP contribution in [0, 0.1) is 0 Å². The molecule has 1 N–H and O–H groups in total. The van der Waals surface area contributed by atoms with E-state index in [1.54, 1.807) is 41.8 Å². The summed E-state index contributed by atoms with van der Waals surface area (Å²) >= 11 is 1.22. The Bertz CT molecular complexity index is 615. The lowest BCUT2D eigenvalue weighted by Gasteiger charge is -2.04. The highest BCUT2D eigenvalue weighted by atomic mass is 32.1. The Labute approximate surface area is 114 Å². The van der Waals surface area contributed by atoms with Crippen molar-refractivity contribution in [3.8, 4) is 0 Å². The first-order valence-corrected chi connectivity index (χ1v) is 6.46. The summed E-state index contributed by atoms with van der Waals surface area (Å²) in [4.78, 5) is 34.9. The van der Waals surface area contributed by atoms with Gasteiger partial charge in [0.2, 0.25) is 0 Å². The van der Waals surface area contributed by atoms with Crippen LogP contribution in [-0.4, -0.2) is 17.5 Å². The van der Waals surface area contributed by atoms with Crippen molar-refractivity contribution in [2.45, 2.75) is 6.92 Å². The second-order valence-corrected chi connectivity index (χ2v) is 4.84. The lowest BCUT2D eigenvalue weighted by molar-refractivity contribution is -0.112. The van der Waals surface area contributed by atoms with Crippen molar-refractivity contribution in [2.75, 3.05) is 5.32 Å². The number of amides is 1. The van der Waals surface area contributed by atoms with Crippen molar-refractivity contribution in [1.82, 2.24) is 0 Å². The van der Waals surface area contributed by atoms with Gasteiger partial charge in [-0.15, -0.1) is 11.3 Å². The Balaban J connectivity index is 2.07. The number of rotatable bonds is 4. The maximum atomic E-state index is 11.7. The number of benzene rings is 1. The molecule has 1 heterocycles. The minimum atomic E-state index is -0.682. The van der Waals surface area contributed by atoms with Crippen molar-refractivity contribution in [2.24, 2.45) is 0 Å². The van der Waals surface area contributed by atoms with Crippen LogP contribution in [0.15, 0.2) is 41.8 Å². The molecule has 2 aromatic rings. The first kappa shape index (κ1) is 13.2. The molecule has 0 spiro atoms. The van der Waals surface area contributed by atoms with Gasteiger partial charge < -0.3 is 5.32 Å². The molecule has 96 valence electrons. The predicted molar refractivity (Wildman–Crippen MR) is 73.7 cm³/mol. The minimum Gasteiger partial charge on any atom is -0.319 e. The van der Waals surface area contributed by atoms with Gasteiger partial charge in [0.15, 0.2) is 5.78 Å². The van der Waals surface area contributed by atoms with Crippen LogP contribution in [0.5, 0.6) is 0 Å². The van der Waals surface area contributed by atoms with E-state index in [1.165, 1.54) is 18.3 Å². The van der Waals surface area contributed by atoms with E-state index >= 15 is 0 Å². The second-order valence-electron chi connectivity index (χ2n) is 3.89. The molecular weight excluding hydrogens is 262 g/mol. The quantitative estimate of drug-likeness (QED) is 0.688. The lowest BCUT2D eigenvalue weighted by Crippen LogP contribution is -2.21. The zero-order valence-electron chi connectivity index (χ0n) is 10.2. The highest BCUT2D eigenvalue weighted by Crippen LogP contribution is 2.13. The summed E-state index contributed by atoms with van der Waals surface area (Å²) in [5.41, 5.74) is 1.04. The van der Waals surface area contributed by atoms with E-state index < -0.39 is 11.7 Å². The van der Waals surface area contributed by atoms with Crippen LogP contribution < -0.4 is 5.32 Å². The van der Waals surface area contributed by atoms with Crippen LogP contribution in [0.25, 0.3) is 0 Å². The summed E-state index contributed by atoms with van der Waals surface area (Å²) in [6.07, 6.45) is 0. The molecule has 0 radical (unpaired) electrons. The van der Waals surface area contributed by atoms with Gasteiger partial charge >= 0.3 is 0 Å². The summed E-state index contributed by atoms with van der Waals surface area (Å²) in [5.74, 6) is -1.30. The molecule has 0 fully saturated rings. The molecule has 0 aliphatic rings. The number of carbonyl (C=O) groups excluding carboxylic acids is 3. The van der Waals surface area contributed by atoms with Gasteiger partial charge in [-0.1, -0.05) is 6.07 Å². The van der Waals surface area contributed by atoms with Crippen LogP contribution in [-0.2, 0) is 4.79 Å². The molecule has 4 nitrogen and oxygen atoms in total. The number of hydrogen-bond acceptors (Lipinski definition) is 4.